The summed E-state index contributed by atoms with van der Waals surface area (Å²) in [5, 5.41) is 2.75. The highest BCUT2D eigenvalue weighted by Crippen LogP contribution is 2.20. The fourth-order valence-electron chi connectivity index (χ4n) is 3.27. The average Bonchev–Trinajstić information content (AvgIpc) is 3.23. The third-order valence-electron chi connectivity index (χ3n) is 5.07. The van der Waals surface area contributed by atoms with Gasteiger partial charge in [0.2, 0.25) is 15.9 Å². The standard InChI is InChI=1S/C22H29N3O3S/c1-17(2)22(26)24-19-7-11-21(12-8-19)29(27,28)23-14-13-18-5-9-20(10-6-18)25-15-3-4-16-25/h5-12,17,23H,3-4,13-16H2,1-2H3,(H,24,26). The Hall–Kier alpha value is -2.38. The summed E-state index contributed by atoms with van der Waals surface area (Å²) in [6, 6.07) is 14.6. The number of carbonyl (C=O) groups excluding carboxylic acids is 1. The normalized spacial score (nSPS) is 14.4. The van der Waals surface area contributed by atoms with Gasteiger partial charge in [-0.1, -0.05) is 26.0 Å². The van der Waals surface area contributed by atoms with Crippen molar-refractivity contribution in [2.24, 2.45) is 5.92 Å². The maximum absolute atomic E-state index is 12.5. The predicted molar refractivity (Wildman–Crippen MR) is 117 cm³/mol. The fraction of sp³-hybridized carbons (Fsp3) is 0.409. The first kappa shape index (κ1) is 21.3. The number of hydrogen-bond acceptors (Lipinski definition) is 4. The lowest BCUT2D eigenvalue weighted by molar-refractivity contribution is -0.118. The zero-order valence-corrected chi connectivity index (χ0v) is 17.8. The molecule has 2 aromatic rings. The molecule has 1 heterocycles. The van der Waals surface area contributed by atoms with Gasteiger partial charge < -0.3 is 10.2 Å². The Morgan fingerprint density at radius 1 is 1.00 bits per heavy atom. The van der Waals surface area contributed by atoms with Crippen LogP contribution in [0.25, 0.3) is 0 Å². The minimum atomic E-state index is -3.58. The van der Waals surface area contributed by atoms with Crippen molar-refractivity contribution in [2.45, 2.75) is 38.0 Å². The van der Waals surface area contributed by atoms with Crippen molar-refractivity contribution in [3.63, 3.8) is 0 Å². The lowest BCUT2D eigenvalue weighted by Crippen LogP contribution is -2.26. The second-order valence-corrected chi connectivity index (χ2v) is 9.44. The molecule has 1 amide bonds. The number of benzene rings is 2. The largest absolute Gasteiger partial charge is 0.372 e. The lowest BCUT2D eigenvalue weighted by atomic mass is 10.1. The van der Waals surface area contributed by atoms with Gasteiger partial charge in [0.05, 0.1) is 4.90 Å². The van der Waals surface area contributed by atoms with Crippen molar-refractivity contribution >= 4 is 27.3 Å². The molecule has 0 atom stereocenters. The molecule has 0 spiro atoms. The van der Waals surface area contributed by atoms with Crippen LogP contribution in [0.1, 0.15) is 32.3 Å². The molecular formula is C22H29N3O3S. The SMILES string of the molecule is CC(C)C(=O)Nc1ccc(S(=O)(=O)NCCc2ccc(N3CCCC3)cc2)cc1. The highest BCUT2D eigenvalue weighted by molar-refractivity contribution is 7.89. The molecule has 29 heavy (non-hydrogen) atoms. The van der Waals surface area contributed by atoms with Crippen LogP contribution in [-0.2, 0) is 21.2 Å². The minimum absolute atomic E-state index is 0.102. The van der Waals surface area contributed by atoms with Crippen molar-refractivity contribution in [3.8, 4) is 0 Å². The van der Waals surface area contributed by atoms with Gasteiger partial charge in [0.15, 0.2) is 0 Å². The number of amides is 1. The first-order valence-corrected chi connectivity index (χ1v) is 11.6. The van der Waals surface area contributed by atoms with Crippen LogP contribution in [0, 0.1) is 5.92 Å². The van der Waals surface area contributed by atoms with Crippen LogP contribution in [0.3, 0.4) is 0 Å². The molecule has 3 rings (SSSR count). The molecule has 0 bridgehead atoms. The molecule has 0 aromatic heterocycles. The summed E-state index contributed by atoms with van der Waals surface area (Å²) in [5.74, 6) is -0.237. The zero-order valence-electron chi connectivity index (χ0n) is 17.0. The van der Waals surface area contributed by atoms with Crippen LogP contribution in [0.5, 0.6) is 0 Å². The van der Waals surface area contributed by atoms with Crippen LogP contribution in [0.15, 0.2) is 53.4 Å². The quantitative estimate of drug-likeness (QED) is 0.693. The Balaban J connectivity index is 1.52. The first-order valence-electron chi connectivity index (χ1n) is 10.1. The van der Waals surface area contributed by atoms with Crippen LogP contribution < -0.4 is 14.9 Å². The molecule has 0 unspecified atom stereocenters. The Morgan fingerprint density at radius 3 is 2.21 bits per heavy atom. The molecule has 0 aliphatic carbocycles. The molecule has 2 N–H and O–H groups in total. The van der Waals surface area contributed by atoms with Crippen molar-refractivity contribution in [3.05, 3.63) is 54.1 Å². The van der Waals surface area contributed by atoms with Gasteiger partial charge in [-0.25, -0.2) is 13.1 Å². The number of carbonyl (C=O) groups is 1. The van der Waals surface area contributed by atoms with E-state index in [0.29, 0.717) is 18.7 Å². The third-order valence-corrected chi connectivity index (χ3v) is 6.55. The van der Waals surface area contributed by atoms with Crippen molar-refractivity contribution in [1.29, 1.82) is 0 Å². The summed E-state index contributed by atoms with van der Waals surface area (Å²) in [6.45, 7) is 6.16. The number of rotatable bonds is 8. The second kappa shape index (κ2) is 9.41. The average molecular weight is 416 g/mol. The third kappa shape index (κ3) is 5.81. The van der Waals surface area contributed by atoms with Crippen molar-refractivity contribution in [1.82, 2.24) is 4.72 Å². The maximum atomic E-state index is 12.5. The molecule has 1 saturated heterocycles. The Labute approximate surface area is 173 Å². The molecule has 6 nitrogen and oxygen atoms in total. The molecule has 0 saturated carbocycles. The molecule has 156 valence electrons. The topological polar surface area (TPSA) is 78.5 Å². The van der Waals surface area contributed by atoms with E-state index < -0.39 is 10.0 Å². The molecular weight excluding hydrogens is 386 g/mol. The van der Waals surface area contributed by atoms with Crippen LogP contribution in [0.2, 0.25) is 0 Å². The van der Waals surface area contributed by atoms with Gasteiger partial charge in [-0.05, 0) is 61.2 Å². The summed E-state index contributed by atoms with van der Waals surface area (Å²) < 4.78 is 27.6. The Bertz CT molecular complexity index is 917. The maximum Gasteiger partial charge on any atom is 0.240 e. The zero-order chi connectivity index (χ0) is 20.9. The van der Waals surface area contributed by atoms with E-state index in [-0.39, 0.29) is 16.7 Å². The lowest BCUT2D eigenvalue weighted by Gasteiger charge is -2.17. The minimum Gasteiger partial charge on any atom is -0.372 e. The van der Waals surface area contributed by atoms with E-state index in [4.69, 9.17) is 0 Å². The predicted octanol–water partition coefficient (Wildman–Crippen LogP) is 3.40. The number of nitrogens with one attached hydrogen (secondary N) is 2. The second-order valence-electron chi connectivity index (χ2n) is 7.68. The smallest absolute Gasteiger partial charge is 0.240 e. The highest BCUT2D eigenvalue weighted by atomic mass is 32.2. The van der Waals surface area contributed by atoms with E-state index in [1.165, 1.54) is 30.7 Å². The molecule has 1 fully saturated rings. The van der Waals surface area contributed by atoms with Gasteiger partial charge >= 0.3 is 0 Å². The van der Waals surface area contributed by atoms with Gasteiger partial charge in [-0.3, -0.25) is 4.79 Å². The number of anilines is 2. The van der Waals surface area contributed by atoms with E-state index >= 15 is 0 Å². The molecule has 0 radical (unpaired) electrons. The van der Waals surface area contributed by atoms with Gasteiger partial charge in [0, 0.05) is 36.9 Å². The van der Waals surface area contributed by atoms with Crippen molar-refractivity contribution in [2.75, 3.05) is 29.9 Å². The number of nitrogens with zero attached hydrogens (tertiary/aromatic N) is 1. The Kier molecular flexibility index (Phi) is 6.92. The van der Waals surface area contributed by atoms with E-state index in [2.05, 4.69) is 39.2 Å². The van der Waals surface area contributed by atoms with Crippen LogP contribution >= 0.6 is 0 Å². The fourth-order valence-corrected chi connectivity index (χ4v) is 4.30. The van der Waals surface area contributed by atoms with E-state index in [9.17, 15) is 13.2 Å². The summed E-state index contributed by atoms with van der Waals surface area (Å²) >= 11 is 0. The highest BCUT2D eigenvalue weighted by Gasteiger charge is 2.15. The van der Waals surface area contributed by atoms with Gasteiger partial charge in [0.1, 0.15) is 0 Å². The number of sulfonamides is 1. The molecule has 1 aliphatic heterocycles. The van der Waals surface area contributed by atoms with Gasteiger partial charge in [-0.15, -0.1) is 0 Å². The summed E-state index contributed by atoms with van der Waals surface area (Å²) in [4.78, 5) is 14.3. The van der Waals surface area contributed by atoms with Crippen molar-refractivity contribution < 1.29 is 13.2 Å². The summed E-state index contributed by atoms with van der Waals surface area (Å²) in [6.07, 6.45) is 3.12. The van der Waals surface area contributed by atoms with Crippen LogP contribution in [-0.4, -0.2) is 34.0 Å². The van der Waals surface area contributed by atoms with Gasteiger partial charge in [-0.2, -0.15) is 0 Å². The molecule has 7 heteroatoms. The summed E-state index contributed by atoms with van der Waals surface area (Å²) in [7, 11) is -3.58. The van der Waals surface area contributed by atoms with E-state index in [1.807, 2.05) is 0 Å². The van der Waals surface area contributed by atoms with Crippen LogP contribution in [0.4, 0.5) is 11.4 Å². The monoisotopic (exact) mass is 415 g/mol. The van der Waals surface area contributed by atoms with E-state index in [1.54, 1.807) is 26.0 Å². The summed E-state index contributed by atoms with van der Waals surface area (Å²) in [5.41, 5.74) is 2.92. The number of hydrogen-bond donors (Lipinski definition) is 2. The molecule has 1 aliphatic rings. The van der Waals surface area contributed by atoms with Gasteiger partial charge in [0.25, 0.3) is 0 Å². The first-order chi connectivity index (χ1) is 13.8. The Morgan fingerprint density at radius 2 is 1.62 bits per heavy atom. The molecule has 2 aromatic carbocycles. The van der Waals surface area contributed by atoms with E-state index in [0.717, 1.165) is 18.7 Å².